The van der Waals surface area contributed by atoms with Crippen LogP contribution in [0.15, 0.2) is 0 Å². The SMILES string of the molecule is O=C(CCC1CCCC1)N1CCN(C(=O)C2CC3CCC2NC3)CC1. The smallest absolute Gasteiger partial charge is 0.227 e. The van der Waals surface area contributed by atoms with Gasteiger partial charge in [-0.05, 0) is 44.1 Å². The van der Waals surface area contributed by atoms with Crippen LogP contribution in [0.25, 0.3) is 0 Å². The second-order valence-electron chi connectivity index (χ2n) is 8.70. The third-order valence-corrected chi connectivity index (χ3v) is 7.13. The van der Waals surface area contributed by atoms with Crippen LogP contribution in [-0.4, -0.2) is 60.4 Å². The summed E-state index contributed by atoms with van der Waals surface area (Å²) in [6, 6.07) is 0.392. The average molecular weight is 348 g/mol. The zero-order chi connectivity index (χ0) is 17.2. The lowest BCUT2D eigenvalue weighted by Gasteiger charge is -2.45. The van der Waals surface area contributed by atoms with Gasteiger partial charge in [0.25, 0.3) is 0 Å². The first-order valence-corrected chi connectivity index (χ1v) is 10.5. The van der Waals surface area contributed by atoms with Crippen molar-refractivity contribution in [2.24, 2.45) is 17.8 Å². The first-order chi connectivity index (χ1) is 12.2. The molecule has 5 nitrogen and oxygen atoms in total. The summed E-state index contributed by atoms with van der Waals surface area (Å²) in [5.74, 6) is 2.29. The zero-order valence-electron chi connectivity index (χ0n) is 15.4. The summed E-state index contributed by atoms with van der Waals surface area (Å²) in [5, 5.41) is 3.55. The molecule has 5 rings (SSSR count). The third kappa shape index (κ3) is 3.86. The lowest BCUT2D eigenvalue weighted by Crippen LogP contribution is -2.58. The van der Waals surface area contributed by atoms with Crippen LogP contribution in [-0.2, 0) is 9.59 Å². The van der Waals surface area contributed by atoms with Gasteiger partial charge in [-0.2, -0.15) is 0 Å². The van der Waals surface area contributed by atoms with E-state index in [2.05, 4.69) is 5.32 Å². The number of carbonyl (C=O) groups is 2. The minimum atomic E-state index is 0.178. The highest BCUT2D eigenvalue weighted by Crippen LogP contribution is 2.35. The second kappa shape index (κ2) is 7.65. The first kappa shape index (κ1) is 17.3. The Morgan fingerprint density at radius 1 is 0.920 bits per heavy atom. The van der Waals surface area contributed by atoms with Crippen LogP contribution in [0.2, 0.25) is 0 Å². The fourth-order valence-electron chi connectivity index (χ4n) is 5.47. The van der Waals surface area contributed by atoms with Crippen molar-refractivity contribution in [2.45, 2.75) is 63.8 Å². The number of piperazine rings is 1. The molecule has 3 atom stereocenters. The molecule has 1 N–H and O–H groups in total. The number of amides is 2. The summed E-state index contributed by atoms with van der Waals surface area (Å²) in [5.41, 5.74) is 0. The first-order valence-electron chi connectivity index (χ1n) is 10.5. The molecule has 2 saturated carbocycles. The van der Waals surface area contributed by atoms with E-state index < -0.39 is 0 Å². The van der Waals surface area contributed by atoms with Crippen molar-refractivity contribution in [2.75, 3.05) is 32.7 Å². The van der Waals surface area contributed by atoms with E-state index in [1.807, 2.05) is 9.80 Å². The number of piperidine rings is 2. The summed E-state index contributed by atoms with van der Waals surface area (Å²) >= 11 is 0. The van der Waals surface area contributed by atoms with Gasteiger partial charge >= 0.3 is 0 Å². The Labute approximate surface area is 151 Å². The number of fused-ring (bicyclic) bond motifs is 3. The molecular formula is C20H33N3O2. The molecule has 5 fully saturated rings. The molecule has 0 radical (unpaired) electrons. The number of hydrogen-bond acceptors (Lipinski definition) is 3. The average Bonchev–Trinajstić information content (AvgIpc) is 3.20. The van der Waals surface area contributed by atoms with E-state index in [9.17, 15) is 9.59 Å². The molecule has 5 aliphatic rings. The molecule has 2 amide bonds. The maximum Gasteiger partial charge on any atom is 0.227 e. The van der Waals surface area contributed by atoms with Crippen LogP contribution >= 0.6 is 0 Å². The lowest BCUT2D eigenvalue weighted by molar-refractivity contribution is -0.145. The van der Waals surface area contributed by atoms with Crippen molar-refractivity contribution >= 4 is 11.8 Å². The van der Waals surface area contributed by atoms with Gasteiger partial charge in [-0.1, -0.05) is 25.7 Å². The van der Waals surface area contributed by atoms with Gasteiger partial charge in [0.05, 0.1) is 5.92 Å². The van der Waals surface area contributed by atoms with Crippen LogP contribution in [0.3, 0.4) is 0 Å². The van der Waals surface area contributed by atoms with Gasteiger partial charge in [0, 0.05) is 38.6 Å². The molecule has 3 unspecified atom stereocenters. The Morgan fingerprint density at radius 2 is 1.64 bits per heavy atom. The standard InChI is InChI=1S/C20H33N3O2/c24-19(8-6-15-3-1-2-4-15)22-9-11-23(12-10-22)20(25)17-13-16-5-7-18(17)21-14-16/h15-18,21H,1-14H2. The highest BCUT2D eigenvalue weighted by atomic mass is 16.2. The monoisotopic (exact) mass is 347 g/mol. The summed E-state index contributed by atoms with van der Waals surface area (Å²) in [7, 11) is 0. The van der Waals surface area contributed by atoms with Gasteiger partial charge in [-0.25, -0.2) is 0 Å². The Bertz CT molecular complexity index is 487. The number of carbonyl (C=O) groups excluding carboxylic acids is 2. The molecule has 140 valence electrons. The molecule has 3 heterocycles. The summed E-state index contributed by atoms with van der Waals surface area (Å²) in [6.07, 6.45) is 10.6. The molecule has 0 aromatic heterocycles. The van der Waals surface area contributed by atoms with Crippen molar-refractivity contribution in [1.82, 2.24) is 15.1 Å². The Balaban J connectivity index is 1.22. The van der Waals surface area contributed by atoms with Crippen molar-refractivity contribution < 1.29 is 9.59 Å². The van der Waals surface area contributed by atoms with Crippen molar-refractivity contribution in [1.29, 1.82) is 0 Å². The fraction of sp³-hybridized carbons (Fsp3) is 0.900. The number of nitrogens with one attached hydrogen (secondary N) is 1. The second-order valence-corrected chi connectivity index (χ2v) is 8.70. The van der Waals surface area contributed by atoms with E-state index >= 15 is 0 Å². The van der Waals surface area contributed by atoms with Crippen LogP contribution in [0, 0.1) is 17.8 Å². The van der Waals surface area contributed by atoms with E-state index in [0.29, 0.717) is 30.2 Å². The van der Waals surface area contributed by atoms with Gasteiger partial charge in [-0.15, -0.1) is 0 Å². The highest BCUT2D eigenvalue weighted by molar-refractivity contribution is 5.81. The van der Waals surface area contributed by atoms with Gasteiger partial charge in [0.2, 0.25) is 11.8 Å². The van der Waals surface area contributed by atoms with Crippen LogP contribution in [0.1, 0.15) is 57.8 Å². The number of nitrogens with zero attached hydrogens (tertiary/aromatic N) is 2. The number of hydrogen-bond donors (Lipinski definition) is 1. The molecular weight excluding hydrogens is 314 g/mol. The minimum Gasteiger partial charge on any atom is -0.339 e. The normalized spacial score (nSPS) is 33.0. The lowest BCUT2D eigenvalue weighted by atomic mass is 9.73. The Kier molecular flexibility index (Phi) is 5.30. The fourth-order valence-corrected chi connectivity index (χ4v) is 5.47. The van der Waals surface area contributed by atoms with Gasteiger partial charge in [0.15, 0.2) is 0 Å². The molecule has 3 saturated heterocycles. The maximum atomic E-state index is 12.9. The van der Waals surface area contributed by atoms with E-state index in [1.54, 1.807) is 0 Å². The van der Waals surface area contributed by atoms with Crippen molar-refractivity contribution in [3.8, 4) is 0 Å². The largest absolute Gasteiger partial charge is 0.339 e. The molecule has 0 spiro atoms. The van der Waals surface area contributed by atoms with Gasteiger partial charge < -0.3 is 15.1 Å². The molecule has 25 heavy (non-hydrogen) atoms. The minimum absolute atomic E-state index is 0.178. The molecule has 2 aliphatic carbocycles. The van der Waals surface area contributed by atoms with Crippen LogP contribution < -0.4 is 5.32 Å². The predicted molar refractivity (Wildman–Crippen MR) is 97.0 cm³/mol. The number of rotatable bonds is 4. The van der Waals surface area contributed by atoms with E-state index in [-0.39, 0.29) is 5.92 Å². The zero-order valence-corrected chi connectivity index (χ0v) is 15.4. The molecule has 5 heteroatoms. The van der Waals surface area contributed by atoms with E-state index in [0.717, 1.165) is 57.9 Å². The van der Waals surface area contributed by atoms with Crippen molar-refractivity contribution in [3.05, 3.63) is 0 Å². The Morgan fingerprint density at radius 3 is 2.24 bits per heavy atom. The summed E-state index contributed by atoms with van der Waals surface area (Å²) in [4.78, 5) is 29.4. The highest BCUT2D eigenvalue weighted by Gasteiger charge is 2.41. The third-order valence-electron chi connectivity index (χ3n) is 7.13. The van der Waals surface area contributed by atoms with Gasteiger partial charge in [-0.3, -0.25) is 9.59 Å². The predicted octanol–water partition coefficient (Wildman–Crippen LogP) is 2.02. The molecule has 3 aliphatic heterocycles. The maximum absolute atomic E-state index is 12.9. The molecule has 0 aromatic rings. The topological polar surface area (TPSA) is 52.7 Å². The van der Waals surface area contributed by atoms with Gasteiger partial charge in [0.1, 0.15) is 0 Å². The molecule has 0 aromatic carbocycles. The Hall–Kier alpha value is -1.10. The molecule has 2 bridgehead atoms. The summed E-state index contributed by atoms with van der Waals surface area (Å²) in [6.45, 7) is 3.99. The van der Waals surface area contributed by atoms with Crippen molar-refractivity contribution in [3.63, 3.8) is 0 Å². The quantitative estimate of drug-likeness (QED) is 0.846. The summed E-state index contributed by atoms with van der Waals surface area (Å²) < 4.78 is 0. The van der Waals surface area contributed by atoms with Crippen LogP contribution in [0.4, 0.5) is 0 Å². The van der Waals surface area contributed by atoms with E-state index in [1.165, 1.54) is 32.1 Å². The van der Waals surface area contributed by atoms with Crippen LogP contribution in [0.5, 0.6) is 0 Å². The van der Waals surface area contributed by atoms with E-state index in [4.69, 9.17) is 0 Å².